The zero-order valence-corrected chi connectivity index (χ0v) is 44.6. The molecule has 4 atom stereocenters. The Labute approximate surface area is 443 Å². The van der Waals surface area contributed by atoms with Crippen molar-refractivity contribution in [3.8, 4) is 23.0 Å². The number of carbonyl (C=O) groups excluding carboxylic acids is 3. The van der Waals surface area contributed by atoms with Crippen LogP contribution in [0, 0.1) is 29.4 Å². The number of nitrogens with zero attached hydrogens (tertiary/aromatic N) is 6. The molecule has 5 aromatic rings. The molecule has 17 nitrogen and oxygen atoms in total. The van der Waals surface area contributed by atoms with Crippen LogP contribution in [-0.4, -0.2) is 101 Å². The number of carbonyl (C=O) groups is 3. The Morgan fingerprint density at radius 2 is 1.54 bits per heavy atom. The number of hydrogen-bond donors (Lipinski definition) is 2. The fraction of sp³-hybridized carbons (Fsp3) is 0.458. The van der Waals surface area contributed by atoms with Crippen LogP contribution in [0.1, 0.15) is 93.8 Å². The first kappa shape index (κ1) is 59.0. The molecule has 78 heavy (non-hydrogen) atoms. The molecule has 2 amide bonds. The minimum Gasteiger partial charge on any atom is -0.444 e. The highest BCUT2D eigenvalue weighted by atomic mass is 35.5. The zero-order valence-electron chi connectivity index (χ0n) is 42.2. The average Bonchev–Trinajstić information content (AvgIpc) is 3.87. The predicted octanol–water partition coefficient (Wildman–Crippen LogP) is 8.47. The summed E-state index contributed by atoms with van der Waals surface area (Å²) in [6.45, 7) is 3.62. The Morgan fingerprint density at radius 1 is 0.910 bits per heavy atom. The van der Waals surface area contributed by atoms with Gasteiger partial charge in [-0.1, -0.05) is 23.6 Å². The average molecular weight is 1170 g/mol. The van der Waals surface area contributed by atoms with E-state index in [9.17, 15) is 66.3 Å². The van der Waals surface area contributed by atoms with Crippen LogP contribution in [-0.2, 0) is 70.5 Å². The van der Waals surface area contributed by atoms with Gasteiger partial charge in [0, 0.05) is 34.9 Å². The van der Waals surface area contributed by atoms with Crippen molar-refractivity contribution in [3.63, 3.8) is 0 Å². The van der Waals surface area contributed by atoms with Crippen LogP contribution < -0.4 is 14.9 Å². The van der Waals surface area contributed by atoms with Crippen LogP contribution >= 0.6 is 11.6 Å². The molecule has 7 rings (SSSR count). The molecule has 1 saturated carbocycles. The van der Waals surface area contributed by atoms with E-state index in [4.69, 9.17) is 21.1 Å². The summed E-state index contributed by atoms with van der Waals surface area (Å²) in [6.07, 6.45) is -11.0. The van der Waals surface area contributed by atoms with Crippen LogP contribution in [0.5, 0.6) is 0 Å². The van der Waals surface area contributed by atoms with Crippen molar-refractivity contribution in [2.45, 2.75) is 114 Å². The normalized spacial score (nSPS) is 17.1. The van der Waals surface area contributed by atoms with Crippen LogP contribution in [0.4, 0.5) is 54.5 Å². The summed E-state index contributed by atoms with van der Waals surface area (Å²) in [5, 5.41) is 11.0. The molecular weight excluding hydrogens is 1120 g/mol. The Bertz CT molecular complexity index is 3530. The van der Waals surface area contributed by atoms with Crippen molar-refractivity contribution in [1.82, 2.24) is 35.2 Å². The second-order valence-electron chi connectivity index (χ2n) is 20.1. The number of anilines is 1. The number of ether oxygens (including phenoxy) is 2. The lowest BCUT2D eigenvalue weighted by atomic mass is 9.93. The summed E-state index contributed by atoms with van der Waals surface area (Å²) in [4.78, 5) is 44.3. The number of esters is 1. The largest absolute Gasteiger partial charge is 0.444 e. The second-order valence-corrected chi connectivity index (χ2v) is 25.0. The number of fused-ring (bicyclic) bond motifs is 4. The van der Waals surface area contributed by atoms with Crippen LogP contribution in [0.15, 0.2) is 42.5 Å². The highest BCUT2D eigenvalue weighted by molar-refractivity contribution is 7.92. The standard InChI is InChI=1S/C48H47ClF10N8O9S2/c1-23(60-43(70)76-44(2,3)4)42(69)75-22-67(78(8,73)74)41-36-32(49)12-11-29(38(36)66(64-41)21-46(52,53)54)28-10-9-27(13-14-45(5,6)77(7,71)72)61-37(28)33(17-24-15-25(50)18-26(51)16-24)62-34(68)20-65-40-35(39(63-65)48(57,58)59)30-19-31(30)47(40,55)56/h9-12,15-16,18,23,30-31,33H,17,19-22H2,1-8H3,(H,60,70)(H,62,68)/t23-,30+,31-,33+/m1/s1. The van der Waals surface area contributed by atoms with E-state index in [1.807, 2.05) is 0 Å². The maximum atomic E-state index is 15.6. The summed E-state index contributed by atoms with van der Waals surface area (Å²) in [7, 11) is -8.65. The van der Waals surface area contributed by atoms with E-state index in [1.165, 1.54) is 34.6 Å². The summed E-state index contributed by atoms with van der Waals surface area (Å²) in [5.74, 6) is -7.24. The van der Waals surface area contributed by atoms with Gasteiger partial charge in [0.25, 0.3) is 5.92 Å². The molecule has 3 heterocycles. The molecule has 0 bridgehead atoms. The lowest BCUT2D eigenvalue weighted by molar-refractivity contribution is -0.145. The monoisotopic (exact) mass is 1170 g/mol. The molecule has 0 radical (unpaired) electrons. The number of aromatic nitrogens is 5. The fourth-order valence-corrected chi connectivity index (χ4v) is 9.70. The van der Waals surface area contributed by atoms with Crippen LogP contribution in [0.25, 0.3) is 22.0 Å². The van der Waals surface area contributed by atoms with Crippen molar-refractivity contribution < 1.29 is 84.6 Å². The number of hydrogen-bond acceptors (Lipinski definition) is 12. The number of rotatable bonds is 15. The fourth-order valence-electron chi connectivity index (χ4n) is 8.54. The number of sulfone groups is 1. The molecule has 2 aromatic carbocycles. The van der Waals surface area contributed by atoms with E-state index in [-0.39, 0.29) is 42.5 Å². The molecule has 0 spiro atoms. The summed E-state index contributed by atoms with van der Waals surface area (Å²) >= 11 is 6.69. The van der Waals surface area contributed by atoms with Crippen molar-refractivity contribution >= 4 is 66.2 Å². The highest BCUT2D eigenvalue weighted by Gasteiger charge is 2.68. The third-order valence-electron chi connectivity index (χ3n) is 12.4. The third-order valence-corrected chi connectivity index (χ3v) is 15.7. The van der Waals surface area contributed by atoms with Gasteiger partial charge in [0.2, 0.25) is 15.9 Å². The molecular formula is C48H47ClF10N8O9S2. The van der Waals surface area contributed by atoms with Gasteiger partial charge in [0.05, 0.1) is 33.9 Å². The van der Waals surface area contributed by atoms with E-state index in [1.54, 1.807) is 0 Å². The van der Waals surface area contributed by atoms with Crippen molar-refractivity contribution in [2.24, 2.45) is 5.92 Å². The number of nitrogens with one attached hydrogen (secondary N) is 2. The molecule has 30 heteroatoms. The smallest absolute Gasteiger partial charge is 0.435 e. The summed E-state index contributed by atoms with van der Waals surface area (Å²) < 4.78 is 209. The molecule has 422 valence electrons. The molecule has 2 aliphatic rings. The first-order valence-corrected chi connectivity index (χ1v) is 27.2. The van der Waals surface area contributed by atoms with E-state index in [2.05, 4.69) is 37.7 Å². The molecule has 1 fully saturated rings. The van der Waals surface area contributed by atoms with Gasteiger partial charge in [0.1, 0.15) is 52.5 Å². The molecule has 0 aliphatic heterocycles. The van der Waals surface area contributed by atoms with Gasteiger partial charge in [0.15, 0.2) is 28.1 Å². The number of alkyl carbamates (subject to hydrolysis) is 1. The van der Waals surface area contributed by atoms with Gasteiger partial charge in [-0.2, -0.15) is 45.3 Å². The molecule has 3 aromatic heterocycles. The Morgan fingerprint density at radius 3 is 2.12 bits per heavy atom. The SMILES string of the molecule is C[C@@H](NC(=O)OC(C)(C)C)C(=O)OCN(c1nn(CC(F)(F)F)c2c(-c3ccc(C#CC(C)(C)S(C)(=O)=O)nc3[C@H](Cc3cc(F)cc(F)c3)NC(=O)Cn3nc(C(F)(F)F)c4c3C(F)(F)[C@@H]3C[C@H]43)ccc(Cl)c12)S(C)(=O)=O. The number of amides is 2. The Kier molecular flexibility index (Phi) is 15.5. The number of sulfonamides is 1. The van der Waals surface area contributed by atoms with Crippen LogP contribution in [0.2, 0.25) is 5.02 Å². The van der Waals surface area contributed by atoms with Gasteiger partial charge in [-0.05, 0) is 102 Å². The van der Waals surface area contributed by atoms with E-state index >= 15 is 8.78 Å². The van der Waals surface area contributed by atoms with E-state index in [0.717, 1.165) is 49.6 Å². The Balaban J connectivity index is 1.43. The van der Waals surface area contributed by atoms with Crippen LogP contribution in [0.3, 0.4) is 0 Å². The number of pyridine rings is 1. The topological polar surface area (TPSA) is 214 Å². The van der Waals surface area contributed by atoms with Crippen molar-refractivity contribution in [1.29, 1.82) is 0 Å². The minimum absolute atomic E-state index is 0.186. The lowest BCUT2D eigenvalue weighted by Gasteiger charge is -2.24. The highest BCUT2D eigenvalue weighted by Crippen LogP contribution is 2.68. The predicted molar refractivity (Wildman–Crippen MR) is 260 cm³/mol. The third kappa shape index (κ3) is 12.8. The minimum atomic E-state index is -5.24. The van der Waals surface area contributed by atoms with Gasteiger partial charge in [-0.3, -0.25) is 14.2 Å². The lowest BCUT2D eigenvalue weighted by Crippen LogP contribution is -2.44. The maximum Gasteiger partial charge on any atom is 0.435 e. The maximum absolute atomic E-state index is 15.6. The quantitative estimate of drug-likeness (QED) is 0.0437. The van der Waals surface area contributed by atoms with Gasteiger partial charge in [-0.25, -0.2) is 44.5 Å². The number of alkyl halides is 8. The van der Waals surface area contributed by atoms with E-state index in [0.29, 0.717) is 12.3 Å². The number of benzene rings is 2. The van der Waals surface area contributed by atoms with Gasteiger partial charge >= 0.3 is 24.4 Å². The molecule has 0 saturated heterocycles. The van der Waals surface area contributed by atoms with Crippen molar-refractivity contribution in [3.05, 3.63) is 93.0 Å². The number of halogens is 11. The zero-order chi connectivity index (χ0) is 58.2. The molecule has 2 N–H and O–H groups in total. The first-order chi connectivity index (χ1) is 35.7. The Hall–Kier alpha value is -6.67. The van der Waals surface area contributed by atoms with E-state index < -0.39 is 173 Å². The molecule has 0 unspecified atom stereocenters. The van der Waals surface area contributed by atoms with Crippen molar-refractivity contribution in [2.75, 3.05) is 23.5 Å². The summed E-state index contributed by atoms with van der Waals surface area (Å²) in [5.41, 5.74) is -6.95. The van der Waals surface area contributed by atoms with Gasteiger partial charge < -0.3 is 20.1 Å². The first-order valence-electron chi connectivity index (χ1n) is 23.1. The molecule has 2 aliphatic carbocycles. The van der Waals surface area contributed by atoms with Gasteiger partial charge in [-0.15, -0.1) is 0 Å². The second kappa shape index (κ2) is 20.5. The summed E-state index contributed by atoms with van der Waals surface area (Å²) in [6, 6.07) is 3.25.